The smallest absolute Gasteiger partial charge is 0.238 e. The van der Waals surface area contributed by atoms with E-state index in [4.69, 9.17) is 12.2 Å². The van der Waals surface area contributed by atoms with Crippen LogP contribution in [-0.4, -0.2) is 17.5 Å². The summed E-state index contributed by atoms with van der Waals surface area (Å²) in [5.74, 6) is 2.33. The largest absolute Gasteiger partial charge is 0.339 e. The number of rotatable bonds is 5. The lowest BCUT2D eigenvalue weighted by Gasteiger charge is -2.22. The molecule has 3 nitrogen and oxygen atoms in total. The van der Waals surface area contributed by atoms with Gasteiger partial charge in [-0.3, -0.25) is 4.79 Å². The van der Waals surface area contributed by atoms with Gasteiger partial charge in [-0.15, -0.1) is 6.42 Å². The van der Waals surface area contributed by atoms with Gasteiger partial charge in [-0.1, -0.05) is 25.7 Å². The molecule has 0 rings (SSSR count). The van der Waals surface area contributed by atoms with Crippen LogP contribution < -0.4 is 11.1 Å². The van der Waals surface area contributed by atoms with Crippen LogP contribution in [0, 0.1) is 12.3 Å². The Balaban J connectivity index is 4.03. The minimum absolute atomic E-state index is 0.165. The van der Waals surface area contributed by atoms with Gasteiger partial charge in [-0.25, -0.2) is 0 Å². The Morgan fingerprint density at radius 3 is 2.64 bits per heavy atom. The molecule has 0 aromatic carbocycles. The molecule has 3 heteroatoms. The number of hydrogen-bond acceptors (Lipinski definition) is 2. The Morgan fingerprint density at radius 2 is 2.21 bits per heavy atom. The van der Waals surface area contributed by atoms with E-state index < -0.39 is 11.6 Å². The number of carbonyl (C=O) groups excluding carboxylic acids is 1. The first kappa shape index (κ1) is 13.0. The highest BCUT2D eigenvalue weighted by molar-refractivity contribution is 5.82. The predicted molar refractivity (Wildman–Crippen MR) is 58.6 cm³/mol. The molecule has 3 N–H and O–H groups in total. The molecule has 0 radical (unpaired) electrons. The Morgan fingerprint density at radius 1 is 1.64 bits per heavy atom. The highest BCUT2D eigenvalue weighted by Crippen LogP contribution is 2.02. The number of hydrogen-bond donors (Lipinski definition) is 2. The van der Waals surface area contributed by atoms with Crippen molar-refractivity contribution in [3.05, 3.63) is 0 Å². The second kappa shape index (κ2) is 5.66. The maximum absolute atomic E-state index is 11.5. The number of amides is 1. The van der Waals surface area contributed by atoms with E-state index in [2.05, 4.69) is 18.2 Å². The van der Waals surface area contributed by atoms with Crippen molar-refractivity contribution >= 4 is 5.91 Å². The van der Waals surface area contributed by atoms with Gasteiger partial charge >= 0.3 is 0 Å². The Bertz CT molecular complexity index is 228. The fourth-order valence-corrected chi connectivity index (χ4v) is 0.992. The molecule has 0 aromatic rings. The van der Waals surface area contributed by atoms with E-state index in [0.29, 0.717) is 6.42 Å². The summed E-state index contributed by atoms with van der Waals surface area (Å²) < 4.78 is 0. The van der Waals surface area contributed by atoms with Gasteiger partial charge in [-0.05, 0) is 20.3 Å². The first-order valence-corrected chi connectivity index (χ1v) is 4.98. The summed E-state index contributed by atoms with van der Waals surface area (Å²) in [4.78, 5) is 11.5. The average Bonchev–Trinajstić information content (AvgIpc) is 2.13. The molecule has 0 bridgehead atoms. The lowest BCUT2D eigenvalue weighted by atomic mass is 10.0. The summed E-state index contributed by atoms with van der Waals surface area (Å²) in [5, 5.41) is 2.71. The van der Waals surface area contributed by atoms with E-state index in [9.17, 15) is 4.79 Å². The van der Waals surface area contributed by atoms with Crippen molar-refractivity contribution in [2.24, 2.45) is 5.73 Å². The maximum Gasteiger partial charge on any atom is 0.238 e. The van der Waals surface area contributed by atoms with E-state index >= 15 is 0 Å². The monoisotopic (exact) mass is 196 g/mol. The molecule has 0 aliphatic heterocycles. The first-order valence-electron chi connectivity index (χ1n) is 4.98. The van der Waals surface area contributed by atoms with Crippen LogP contribution >= 0.6 is 0 Å². The molecule has 0 aliphatic rings. The average molecular weight is 196 g/mol. The van der Waals surface area contributed by atoms with E-state index in [1.54, 1.807) is 13.8 Å². The van der Waals surface area contributed by atoms with Crippen molar-refractivity contribution in [2.45, 2.75) is 51.6 Å². The molecule has 0 aromatic heterocycles. The summed E-state index contributed by atoms with van der Waals surface area (Å²) in [5.41, 5.74) is 5.07. The van der Waals surface area contributed by atoms with Gasteiger partial charge in [-0.2, -0.15) is 0 Å². The summed E-state index contributed by atoms with van der Waals surface area (Å²) in [6, 6.07) is -0.442. The molecule has 0 unspecified atom stereocenters. The first-order chi connectivity index (χ1) is 6.43. The molecule has 0 aliphatic carbocycles. The second-order valence-corrected chi connectivity index (χ2v) is 4.01. The number of terminal acetylenes is 1. The van der Waals surface area contributed by atoms with Gasteiger partial charge in [0, 0.05) is 0 Å². The van der Waals surface area contributed by atoms with Crippen LogP contribution in [0.5, 0.6) is 0 Å². The summed E-state index contributed by atoms with van der Waals surface area (Å²) in [7, 11) is 0. The molecule has 14 heavy (non-hydrogen) atoms. The fourth-order valence-electron chi connectivity index (χ4n) is 0.992. The summed E-state index contributed by atoms with van der Waals surface area (Å²) in [6.07, 6.45) is 7.97. The number of nitrogens with two attached hydrogens (primary N) is 1. The molecule has 0 heterocycles. The molecular formula is C11H20N2O. The van der Waals surface area contributed by atoms with Gasteiger partial charge in [0.1, 0.15) is 0 Å². The molecule has 0 spiro atoms. The zero-order chi connectivity index (χ0) is 11.2. The van der Waals surface area contributed by atoms with Crippen LogP contribution in [0.3, 0.4) is 0 Å². The van der Waals surface area contributed by atoms with Crippen molar-refractivity contribution in [1.82, 2.24) is 5.32 Å². The molecule has 1 atom stereocenters. The van der Waals surface area contributed by atoms with Crippen LogP contribution in [0.1, 0.15) is 40.0 Å². The zero-order valence-corrected chi connectivity index (χ0v) is 9.26. The van der Waals surface area contributed by atoms with Crippen LogP contribution in [0.2, 0.25) is 0 Å². The van der Waals surface area contributed by atoms with Crippen LogP contribution in [0.25, 0.3) is 0 Å². The third-order valence-corrected chi connectivity index (χ3v) is 2.00. The Labute approximate surface area is 86.4 Å². The van der Waals surface area contributed by atoms with E-state index in [0.717, 1.165) is 12.8 Å². The Kier molecular flexibility index (Phi) is 5.26. The van der Waals surface area contributed by atoms with Crippen molar-refractivity contribution in [3.63, 3.8) is 0 Å². The number of carbonyl (C=O) groups is 1. The van der Waals surface area contributed by atoms with Crippen molar-refractivity contribution in [3.8, 4) is 12.3 Å². The molecule has 80 valence electrons. The van der Waals surface area contributed by atoms with Gasteiger partial charge in [0.05, 0.1) is 11.6 Å². The van der Waals surface area contributed by atoms with Crippen LogP contribution in [0.4, 0.5) is 0 Å². The van der Waals surface area contributed by atoms with E-state index in [-0.39, 0.29) is 5.91 Å². The SMILES string of the molecule is C#CC(C)(C)NC(=O)[C@@H](N)CCCC. The number of unbranched alkanes of at least 4 members (excludes halogenated alkanes) is 1. The molecule has 0 fully saturated rings. The second-order valence-electron chi connectivity index (χ2n) is 4.01. The van der Waals surface area contributed by atoms with Crippen LogP contribution in [-0.2, 0) is 4.79 Å². The van der Waals surface area contributed by atoms with Gasteiger partial charge in [0.2, 0.25) is 5.91 Å². The molecule has 0 saturated carbocycles. The highest BCUT2D eigenvalue weighted by Gasteiger charge is 2.20. The maximum atomic E-state index is 11.5. The zero-order valence-electron chi connectivity index (χ0n) is 9.26. The minimum atomic E-state index is -0.610. The fraction of sp³-hybridized carbons (Fsp3) is 0.727. The summed E-state index contributed by atoms with van der Waals surface area (Å²) >= 11 is 0. The quantitative estimate of drug-likeness (QED) is 0.645. The van der Waals surface area contributed by atoms with Crippen molar-refractivity contribution in [1.29, 1.82) is 0 Å². The highest BCUT2D eigenvalue weighted by atomic mass is 16.2. The molecule has 1 amide bonds. The van der Waals surface area contributed by atoms with E-state index in [1.807, 2.05) is 0 Å². The molecular weight excluding hydrogens is 176 g/mol. The van der Waals surface area contributed by atoms with Crippen molar-refractivity contribution in [2.75, 3.05) is 0 Å². The lowest BCUT2D eigenvalue weighted by molar-refractivity contribution is -0.123. The van der Waals surface area contributed by atoms with Crippen LogP contribution in [0.15, 0.2) is 0 Å². The minimum Gasteiger partial charge on any atom is -0.339 e. The predicted octanol–water partition coefficient (Wildman–Crippen LogP) is 1.03. The summed E-state index contributed by atoms with van der Waals surface area (Å²) in [6.45, 7) is 5.62. The molecule has 0 saturated heterocycles. The third kappa shape index (κ3) is 4.88. The normalized spacial score (nSPS) is 13.1. The topological polar surface area (TPSA) is 55.1 Å². The third-order valence-electron chi connectivity index (χ3n) is 2.00. The standard InChI is InChI=1S/C11H20N2O/c1-5-7-8-9(12)10(14)13-11(3,4)6-2/h2,9H,5,7-8,12H2,1,3-4H3,(H,13,14)/t9-/m0/s1. The van der Waals surface area contributed by atoms with E-state index in [1.165, 1.54) is 0 Å². The van der Waals surface area contributed by atoms with Gasteiger partial charge in [0.15, 0.2) is 0 Å². The van der Waals surface area contributed by atoms with Gasteiger partial charge < -0.3 is 11.1 Å². The van der Waals surface area contributed by atoms with Crippen molar-refractivity contribution < 1.29 is 4.79 Å². The lowest BCUT2D eigenvalue weighted by Crippen LogP contribution is -2.49. The number of nitrogens with one attached hydrogen (secondary N) is 1. The Hall–Kier alpha value is -1.01. The van der Waals surface area contributed by atoms with Gasteiger partial charge in [0.25, 0.3) is 0 Å².